The second-order valence-electron chi connectivity index (χ2n) is 4.73. The van der Waals surface area contributed by atoms with Gasteiger partial charge in [-0.15, -0.1) is 0 Å². The van der Waals surface area contributed by atoms with E-state index >= 15 is 0 Å². The van der Waals surface area contributed by atoms with E-state index in [4.69, 9.17) is 4.74 Å². The first-order valence-corrected chi connectivity index (χ1v) is 5.70. The van der Waals surface area contributed by atoms with Crippen LogP contribution in [0.25, 0.3) is 0 Å². The molecular weight excluding hydrogens is 194 g/mol. The van der Waals surface area contributed by atoms with Gasteiger partial charge in [-0.1, -0.05) is 0 Å². The Morgan fingerprint density at radius 3 is 2.73 bits per heavy atom. The molecule has 2 bridgehead atoms. The molecule has 0 radical (unpaired) electrons. The molecule has 1 amide bonds. The second-order valence-corrected chi connectivity index (χ2v) is 4.73. The predicted octanol–water partition coefficient (Wildman–Crippen LogP) is 0.498. The van der Waals surface area contributed by atoms with Crippen molar-refractivity contribution in [3.8, 4) is 0 Å². The molecule has 0 aromatic heterocycles. The average molecular weight is 209 g/mol. The number of rotatable bonds is 1. The van der Waals surface area contributed by atoms with Crippen LogP contribution in [-0.4, -0.2) is 41.4 Å². The minimum absolute atomic E-state index is 0.00685. The molecule has 0 aliphatic carbocycles. The highest BCUT2D eigenvalue weighted by Gasteiger charge is 2.45. The molecule has 3 rings (SSSR count). The van der Waals surface area contributed by atoms with Crippen LogP contribution in [0, 0.1) is 0 Å². The summed E-state index contributed by atoms with van der Waals surface area (Å²) in [5, 5.41) is 0. The maximum Gasteiger partial charge on any atom is 0.230 e. The Hall–Kier alpha value is -0.900. The molecule has 0 saturated carbocycles. The number of nitrogens with zero attached hydrogens (tertiary/aromatic N) is 1. The zero-order chi connectivity index (χ0) is 10.4. The predicted molar refractivity (Wildman–Crippen MR) is 52.3 cm³/mol. The largest absolute Gasteiger partial charge is 0.373 e. The van der Waals surface area contributed by atoms with Crippen molar-refractivity contribution < 1.29 is 14.3 Å². The van der Waals surface area contributed by atoms with Gasteiger partial charge in [0.25, 0.3) is 0 Å². The monoisotopic (exact) mass is 209 g/mol. The fourth-order valence-corrected chi connectivity index (χ4v) is 3.02. The van der Waals surface area contributed by atoms with Crippen molar-refractivity contribution in [3.05, 3.63) is 0 Å². The smallest absolute Gasteiger partial charge is 0.230 e. The molecule has 3 fully saturated rings. The van der Waals surface area contributed by atoms with Gasteiger partial charge < -0.3 is 9.64 Å². The van der Waals surface area contributed by atoms with Crippen LogP contribution in [-0.2, 0) is 14.3 Å². The van der Waals surface area contributed by atoms with Crippen LogP contribution in [0.15, 0.2) is 0 Å². The first kappa shape index (κ1) is 9.33. The SMILES string of the molecule is O=C1CCN(C2CC3CCC2O3)C(=O)C1. The first-order valence-electron chi connectivity index (χ1n) is 5.70. The van der Waals surface area contributed by atoms with Crippen LogP contribution in [0.3, 0.4) is 0 Å². The summed E-state index contributed by atoms with van der Waals surface area (Å²) in [7, 11) is 0. The third-order valence-corrected chi connectivity index (χ3v) is 3.77. The molecule has 82 valence electrons. The van der Waals surface area contributed by atoms with E-state index < -0.39 is 0 Å². The van der Waals surface area contributed by atoms with Crippen molar-refractivity contribution >= 4 is 11.7 Å². The Kier molecular flexibility index (Phi) is 2.06. The van der Waals surface area contributed by atoms with Crippen LogP contribution < -0.4 is 0 Å². The molecule has 0 spiro atoms. The fourth-order valence-electron chi connectivity index (χ4n) is 3.02. The summed E-state index contributed by atoms with van der Waals surface area (Å²) in [5.41, 5.74) is 0. The molecule has 3 saturated heterocycles. The topological polar surface area (TPSA) is 46.6 Å². The fraction of sp³-hybridized carbons (Fsp3) is 0.818. The summed E-state index contributed by atoms with van der Waals surface area (Å²) in [6.07, 6.45) is 4.44. The number of carbonyl (C=O) groups is 2. The van der Waals surface area contributed by atoms with Gasteiger partial charge in [-0.2, -0.15) is 0 Å². The number of hydrogen-bond acceptors (Lipinski definition) is 3. The molecule has 3 unspecified atom stereocenters. The number of Topliss-reactive ketones (excluding diaryl/α,β-unsaturated/α-hetero) is 1. The molecule has 0 N–H and O–H groups in total. The van der Waals surface area contributed by atoms with Gasteiger partial charge >= 0.3 is 0 Å². The molecule has 0 aromatic rings. The van der Waals surface area contributed by atoms with E-state index in [0.717, 1.165) is 19.3 Å². The summed E-state index contributed by atoms with van der Waals surface area (Å²) in [6, 6.07) is 0.254. The van der Waals surface area contributed by atoms with Crippen molar-refractivity contribution in [3.63, 3.8) is 0 Å². The number of piperidine rings is 1. The van der Waals surface area contributed by atoms with E-state index in [1.54, 1.807) is 0 Å². The quantitative estimate of drug-likeness (QED) is 0.591. The van der Waals surface area contributed by atoms with Gasteiger partial charge in [0.2, 0.25) is 5.91 Å². The summed E-state index contributed by atoms with van der Waals surface area (Å²) in [6.45, 7) is 0.606. The number of ketones is 1. The van der Waals surface area contributed by atoms with Crippen molar-refractivity contribution in [2.75, 3.05) is 6.54 Å². The van der Waals surface area contributed by atoms with Crippen molar-refractivity contribution in [2.24, 2.45) is 0 Å². The van der Waals surface area contributed by atoms with Gasteiger partial charge in [0.05, 0.1) is 24.7 Å². The molecule has 15 heavy (non-hydrogen) atoms. The minimum atomic E-state index is 0.00685. The van der Waals surface area contributed by atoms with Crippen molar-refractivity contribution in [2.45, 2.75) is 50.4 Å². The van der Waals surface area contributed by atoms with Gasteiger partial charge in [-0.25, -0.2) is 0 Å². The number of carbonyl (C=O) groups excluding carboxylic acids is 2. The standard InChI is InChI=1S/C11H15NO3/c13-7-3-4-12(11(14)5-7)9-6-8-1-2-10(9)15-8/h8-10H,1-6H2. The first-order chi connectivity index (χ1) is 7.24. The second kappa shape index (κ2) is 3.30. The Morgan fingerprint density at radius 2 is 2.13 bits per heavy atom. The van der Waals surface area contributed by atoms with Crippen LogP contribution in [0.5, 0.6) is 0 Å². The lowest BCUT2D eigenvalue weighted by Crippen LogP contribution is -2.49. The van der Waals surface area contributed by atoms with Crippen molar-refractivity contribution in [1.82, 2.24) is 4.90 Å². The summed E-state index contributed by atoms with van der Waals surface area (Å²) in [5.74, 6) is 0.0905. The highest BCUT2D eigenvalue weighted by atomic mass is 16.5. The number of amides is 1. The molecule has 4 nitrogen and oxygen atoms in total. The Balaban J connectivity index is 1.72. The zero-order valence-corrected chi connectivity index (χ0v) is 8.65. The Morgan fingerprint density at radius 1 is 1.27 bits per heavy atom. The highest BCUT2D eigenvalue weighted by molar-refractivity contribution is 6.00. The average Bonchev–Trinajstić information content (AvgIpc) is 2.78. The summed E-state index contributed by atoms with van der Waals surface area (Å²) >= 11 is 0. The van der Waals surface area contributed by atoms with Gasteiger partial charge in [0.1, 0.15) is 5.78 Å². The number of ether oxygens (including phenoxy) is 1. The molecular formula is C11H15NO3. The van der Waals surface area contributed by atoms with E-state index in [9.17, 15) is 9.59 Å². The highest BCUT2D eigenvalue weighted by Crippen LogP contribution is 2.37. The van der Waals surface area contributed by atoms with Crippen LogP contribution in [0.4, 0.5) is 0 Å². The Labute approximate surface area is 88.6 Å². The maximum atomic E-state index is 11.7. The normalized spacial score (nSPS) is 40.3. The van der Waals surface area contributed by atoms with E-state index in [0.29, 0.717) is 19.1 Å². The van der Waals surface area contributed by atoms with E-state index in [1.165, 1.54) is 0 Å². The molecule has 3 aliphatic rings. The van der Waals surface area contributed by atoms with Gasteiger partial charge in [-0.3, -0.25) is 9.59 Å². The number of likely N-dealkylation sites (tertiary alicyclic amines) is 1. The minimum Gasteiger partial charge on any atom is -0.373 e. The van der Waals surface area contributed by atoms with Gasteiger partial charge in [-0.05, 0) is 19.3 Å². The third kappa shape index (κ3) is 1.47. The maximum absolute atomic E-state index is 11.7. The molecule has 3 aliphatic heterocycles. The zero-order valence-electron chi connectivity index (χ0n) is 8.65. The molecule has 4 heteroatoms. The summed E-state index contributed by atoms with van der Waals surface area (Å²) < 4.78 is 5.73. The number of hydrogen-bond donors (Lipinski definition) is 0. The lowest BCUT2D eigenvalue weighted by Gasteiger charge is -2.35. The molecule has 3 heterocycles. The number of fused-ring (bicyclic) bond motifs is 2. The third-order valence-electron chi connectivity index (χ3n) is 3.77. The van der Waals surface area contributed by atoms with Gasteiger partial charge in [0, 0.05) is 13.0 Å². The van der Waals surface area contributed by atoms with Crippen LogP contribution >= 0.6 is 0 Å². The summed E-state index contributed by atoms with van der Waals surface area (Å²) in [4.78, 5) is 24.7. The molecule has 3 atom stereocenters. The Bertz CT molecular complexity index is 315. The van der Waals surface area contributed by atoms with Crippen LogP contribution in [0.2, 0.25) is 0 Å². The van der Waals surface area contributed by atoms with Crippen LogP contribution in [0.1, 0.15) is 32.1 Å². The van der Waals surface area contributed by atoms with Crippen molar-refractivity contribution in [1.29, 1.82) is 0 Å². The van der Waals surface area contributed by atoms with Gasteiger partial charge in [0.15, 0.2) is 0 Å². The lowest BCUT2D eigenvalue weighted by molar-refractivity contribution is -0.142. The van der Waals surface area contributed by atoms with E-state index in [2.05, 4.69) is 0 Å². The van der Waals surface area contributed by atoms with E-state index in [1.807, 2.05) is 4.90 Å². The molecule has 0 aromatic carbocycles. The van der Waals surface area contributed by atoms with E-state index in [-0.39, 0.29) is 30.3 Å². The lowest BCUT2D eigenvalue weighted by atomic mass is 9.92.